The fourth-order valence-electron chi connectivity index (χ4n) is 2.80. The molecular formula is C23H24N2O2. The zero-order chi connectivity index (χ0) is 18.9. The first-order valence-corrected chi connectivity index (χ1v) is 9.22. The van der Waals surface area contributed by atoms with E-state index in [1.165, 1.54) is 0 Å². The summed E-state index contributed by atoms with van der Waals surface area (Å²) in [4.78, 5) is 16.7. The molecule has 0 atom stereocenters. The van der Waals surface area contributed by atoms with Gasteiger partial charge in [-0.25, -0.2) is 0 Å². The lowest BCUT2D eigenvalue weighted by atomic mass is 10.1. The summed E-state index contributed by atoms with van der Waals surface area (Å²) in [5, 5.41) is 3.92. The summed E-state index contributed by atoms with van der Waals surface area (Å²) in [6, 6.07) is 17.2. The van der Waals surface area contributed by atoms with Gasteiger partial charge in [0, 0.05) is 23.7 Å². The fraction of sp³-hybridized carbons (Fsp3) is 0.217. The van der Waals surface area contributed by atoms with E-state index in [-0.39, 0.29) is 5.91 Å². The van der Waals surface area contributed by atoms with Gasteiger partial charge in [-0.2, -0.15) is 0 Å². The largest absolute Gasteiger partial charge is 0.494 e. The molecule has 1 N–H and O–H groups in total. The molecule has 0 radical (unpaired) electrons. The number of rotatable bonds is 8. The van der Waals surface area contributed by atoms with E-state index in [1.54, 1.807) is 12.3 Å². The second-order valence-corrected chi connectivity index (χ2v) is 6.30. The molecule has 0 saturated carbocycles. The standard InChI is InChI=1S/C23H24N2O2/c1-2-3-4-5-14-27-21-10-6-8-18(15-21)17-25-23(26)20-11-12-22-19(16-20)9-7-13-24-22/h2-3,6-13,15-16H,4-5,14,17H2,1H3,(H,25,26)/b3-2+. The van der Waals surface area contributed by atoms with E-state index in [9.17, 15) is 4.79 Å². The van der Waals surface area contributed by atoms with E-state index >= 15 is 0 Å². The van der Waals surface area contributed by atoms with Crippen LogP contribution in [0.4, 0.5) is 0 Å². The van der Waals surface area contributed by atoms with E-state index in [0.717, 1.165) is 35.1 Å². The molecule has 138 valence electrons. The van der Waals surface area contributed by atoms with Gasteiger partial charge >= 0.3 is 0 Å². The van der Waals surface area contributed by atoms with Gasteiger partial charge in [0.2, 0.25) is 0 Å². The number of carbonyl (C=O) groups is 1. The summed E-state index contributed by atoms with van der Waals surface area (Å²) in [7, 11) is 0. The molecule has 1 heterocycles. The number of hydrogen-bond acceptors (Lipinski definition) is 3. The Morgan fingerprint density at radius 2 is 2.07 bits per heavy atom. The van der Waals surface area contributed by atoms with Crippen LogP contribution in [-0.4, -0.2) is 17.5 Å². The number of hydrogen-bond donors (Lipinski definition) is 1. The monoisotopic (exact) mass is 360 g/mol. The number of ether oxygens (including phenoxy) is 1. The van der Waals surface area contributed by atoms with Crippen LogP contribution in [0.25, 0.3) is 10.9 Å². The van der Waals surface area contributed by atoms with Crippen molar-refractivity contribution in [2.24, 2.45) is 0 Å². The quantitative estimate of drug-likeness (QED) is 0.459. The average molecular weight is 360 g/mol. The van der Waals surface area contributed by atoms with E-state index in [0.29, 0.717) is 18.7 Å². The van der Waals surface area contributed by atoms with Crippen molar-refractivity contribution in [3.63, 3.8) is 0 Å². The number of amides is 1. The maximum absolute atomic E-state index is 12.4. The van der Waals surface area contributed by atoms with Crippen LogP contribution in [0, 0.1) is 0 Å². The smallest absolute Gasteiger partial charge is 0.251 e. The van der Waals surface area contributed by atoms with E-state index in [1.807, 2.05) is 55.5 Å². The maximum atomic E-state index is 12.4. The van der Waals surface area contributed by atoms with E-state index in [2.05, 4.69) is 22.5 Å². The van der Waals surface area contributed by atoms with Gasteiger partial charge in [-0.15, -0.1) is 0 Å². The molecule has 0 aliphatic carbocycles. The Morgan fingerprint density at radius 1 is 1.15 bits per heavy atom. The van der Waals surface area contributed by atoms with Crippen LogP contribution in [0.1, 0.15) is 35.7 Å². The van der Waals surface area contributed by atoms with Crippen molar-refractivity contribution in [2.75, 3.05) is 6.61 Å². The van der Waals surface area contributed by atoms with Crippen molar-refractivity contribution in [3.05, 3.63) is 84.1 Å². The molecule has 0 saturated heterocycles. The molecule has 4 heteroatoms. The SMILES string of the molecule is C/C=C/CCCOc1cccc(CNC(=O)c2ccc3ncccc3c2)c1. The molecule has 0 fully saturated rings. The van der Waals surface area contributed by atoms with E-state index in [4.69, 9.17) is 4.74 Å². The molecule has 0 bridgehead atoms. The molecule has 0 aliphatic heterocycles. The van der Waals surface area contributed by atoms with Crippen molar-refractivity contribution >= 4 is 16.8 Å². The number of benzene rings is 2. The summed E-state index contributed by atoms with van der Waals surface area (Å²) in [6.45, 7) is 3.17. The number of allylic oxidation sites excluding steroid dienone is 2. The molecule has 3 rings (SSSR count). The van der Waals surface area contributed by atoms with Gasteiger partial charge in [-0.05, 0) is 61.7 Å². The van der Waals surface area contributed by atoms with Gasteiger partial charge in [0.25, 0.3) is 5.91 Å². The lowest BCUT2D eigenvalue weighted by Crippen LogP contribution is -2.22. The summed E-state index contributed by atoms with van der Waals surface area (Å²) in [5.41, 5.74) is 2.52. The molecule has 0 aliphatic rings. The lowest BCUT2D eigenvalue weighted by Gasteiger charge is -2.09. The van der Waals surface area contributed by atoms with Crippen LogP contribution in [0.2, 0.25) is 0 Å². The minimum absolute atomic E-state index is 0.0987. The molecule has 1 aromatic heterocycles. The predicted molar refractivity (Wildman–Crippen MR) is 109 cm³/mol. The number of nitrogens with zero attached hydrogens (tertiary/aromatic N) is 1. The average Bonchev–Trinajstić information content (AvgIpc) is 2.72. The summed E-state index contributed by atoms with van der Waals surface area (Å²) in [6.07, 6.45) is 7.95. The summed E-state index contributed by atoms with van der Waals surface area (Å²) < 4.78 is 5.78. The van der Waals surface area contributed by atoms with Crippen LogP contribution in [-0.2, 0) is 6.54 Å². The lowest BCUT2D eigenvalue weighted by molar-refractivity contribution is 0.0951. The molecule has 27 heavy (non-hydrogen) atoms. The van der Waals surface area contributed by atoms with Crippen LogP contribution >= 0.6 is 0 Å². The molecule has 2 aromatic carbocycles. The van der Waals surface area contributed by atoms with Gasteiger partial charge in [-0.1, -0.05) is 30.4 Å². The number of unbranched alkanes of at least 4 members (excludes halogenated alkanes) is 1. The number of fused-ring (bicyclic) bond motifs is 1. The molecule has 0 unspecified atom stereocenters. The van der Waals surface area contributed by atoms with Crippen LogP contribution in [0.3, 0.4) is 0 Å². The highest BCUT2D eigenvalue weighted by Crippen LogP contribution is 2.15. The Morgan fingerprint density at radius 3 is 2.96 bits per heavy atom. The predicted octanol–water partition coefficient (Wildman–Crippen LogP) is 4.90. The van der Waals surface area contributed by atoms with Crippen molar-refractivity contribution in [1.82, 2.24) is 10.3 Å². The third-order valence-electron chi connectivity index (χ3n) is 4.24. The Hall–Kier alpha value is -3.14. The number of carbonyl (C=O) groups excluding carboxylic acids is 1. The Labute approximate surface area is 159 Å². The molecule has 1 amide bonds. The number of aromatic nitrogens is 1. The van der Waals surface area contributed by atoms with Gasteiger partial charge in [0.1, 0.15) is 5.75 Å². The zero-order valence-electron chi connectivity index (χ0n) is 15.5. The third-order valence-corrected chi connectivity index (χ3v) is 4.24. The Kier molecular flexibility index (Phi) is 6.58. The second-order valence-electron chi connectivity index (χ2n) is 6.30. The topological polar surface area (TPSA) is 51.2 Å². The highest BCUT2D eigenvalue weighted by atomic mass is 16.5. The Balaban J connectivity index is 1.55. The van der Waals surface area contributed by atoms with Crippen molar-refractivity contribution in [2.45, 2.75) is 26.3 Å². The van der Waals surface area contributed by atoms with Crippen LogP contribution < -0.4 is 10.1 Å². The first kappa shape index (κ1) is 18.6. The summed E-state index contributed by atoms with van der Waals surface area (Å²) >= 11 is 0. The van der Waals surface area contributed by atoms with Gasteiger partial charge in [-0.3, -0.25) is 9.78 Å². The molecule has 4 nitrogen and oxygen atoms in total. The minimum Gasteiger partial charge on any atom is -0.494 e. The highest BCUT2D eigenvalue weighted by molar-refractivity contribution is 5.97. The van der Waals surface area contributed by atoms with Crippen molar-refractivity contribution < 1.29 is 9.53 Å². The maximum Gasteiger partial charge on any atom is 0.251 e. The normalized spacial score (nSPS) is 11.0. The highest BCUT2D eigenvalue weighted by Gasteiger charge is 2.07. The first-order valence-electron chi connectivity index (χ1n) is 9.22. The third kappa shape index (κ3) is 5.42. The zero-order valence-corrected chi connectivity index (χ0v) is 15.5. The molecule has 0 spiro atoms. The molecular weight excluding hydrogens is 336 g/mol. The van der Waals surface area contributed by atoms with E-state index < -0.39 is 0 Å². The van der Waals surface area contributed by atoms with Crippen molar-refractivity contribution in [3.8, 4) is 5.75 Å². The molecule has 3 aromatic rings. The van der Waals surface area contributed by atoms with Gasteiger partial charge < -0.3 is 10.1 Å². The fourth-order valence-corrected chi connectivity index (χ4v) is 2.80. The van der Waals surface area contributed by atoms with Crippen LogP contribution in [0.15, 0.2) is 72.9 Å². The van der Waals surface area contributed by atoms with Gasteiger partial charge in [0.15, 0.2) is 0 Å². The van der Waals surface area contributed by atoms with Gasteiger partial charge in [0.05, 0.1) is 12.1 Å². The first-order chi connectivity index (χ1) is 13.3. The Bertz CT molecular complexity index is 934. The van der Waals surface area contributed by atoms with Crippen molar-refractivity contribution in [1.29, 1.82) is 0 Å². The number of pyridine rings is 1. The minimum atomic E-state index is -0.0987. The summed E-state index contributed by atoms with van der Waals surface area (Å²) in [5.74, 6) is 0.734. The second kappa shape index (κ2) is 9.53. The van der Waals surface area contributed by atoms with Crippen LogP contribution in [0.5, 0.6) is 5.75 Å². The number of nitrogens with one attached hydrogen (secondary N) is 1.